The molecule has 1 aliphatic rings. The Balaban J connectivity index is 2.43. The molecular formula is C16H34N2. The molecule has 0 amide bonds. The fourth-order valence-corrected chi connectivity index (χ4v) is 3.13. The summed E-state index contributed by atoms with van der Waals surface area (Å²) in [5, 5.41) is 3.53. The lowest BCUT2D eigenvalue weighted by Crippen LogP contribution is -2.45. The van der Waals surface area contributed by atoms with E-state index in [4.69, 9.17) is 0 Å². The fourth-order valence-electron chi connectivity index (χ4n) is 3.13. The van der Waals surface area contributed by atoms with Crippen LogP contribution >= 0.6 is 0 Å². The third-order valence-corrected chi connectivity index (χ3v) is 4.90. The van der Waals surface area contributed by atoms with Crippen molar-refractivity contribution in [1.82, 2.24) is 10.2 Å². The maximum Gasteiger partial charge on any atom is 0.00926 e. The van der Waals surface area contributed by atoms with E-state index in [1.807, 2.05) is 0 Å². The molecule has 0 bridgehead atoms. The van der Waals surface area contributed by atoms with Gasteiger partial charge in [0.15, 0.2) is 0 Å². The summed E-state index contributed by atoms with van der Waals surface area (Å²) in [6, 6.07) is 0.828. The van der Waals surface area contributed by atoms with Crippen LogP contribution < -0.4 is 5.32 Å². The van der Waals surface area contributed by atoms with Gasteiger partial charge in [-0.15, -0.1) is 0 Å². The molecule has 0 heterocycles. The van der Waals surface area contributed by atoms with Gasteiger partial charge in [-0.2, -0.15) is 0 Å². The first-order valence-corrected chi connectivity index (χ1v) is 7.91. The van der Waals surface area contributed by atoms with Crippen LogP contribution in [0.2, 0.25) is 0 Å². The fraction of sp³-hybridized carbons (Fsp3) is 1.00. The van der Waals surface area contributed by atoms with E-state index >= 15 is 0 Å². The molecule has 1 fully saturated rings. The van der Waals surface area contributed by atoms with Gasteiger partial charge in [-0.25, -0.2) is 0 Å². The van der Waals surface area contributed by atoms with Crippen LogP contribution in [0.15, 0.2) is 0 Å². The molecule has 0 aromatic rings. The van der Waals surface area contributed by atoms with E-state index < -0.39 is 0 Å². The molecule has 1 N–H and O–H groups in total. The van der Waals surface area contributed by atoms with E-state index in [-0.39, 0.29) is 0 Å². The Morgan fingerprint density at radius 2 is 1.78 bits per heavy atom. The van der Waals surface area contributed by atoms with Crippen molar-refractivity contribution in [3.05, 3.63) is 0 Å². The predicted octanol–water partition coefficient (Wildman–Crippen LogP) is 3.52. The summed E-state index contributed by atoms with van der Waals surface area (Å²) in [5.74, 6) is 0.953. The molecule has 1 unspecified atom stereocenters. The molecule has 0 saturated heterocycles. The maximum atomic E-state index is 3.53. The van der Waals surface area contributed by atoms with E-state index in [1.165, 1.54) is 38.6 Å². The zero-order valence-electron chi connectivity index (χ0n) is 13.3. The van der Waals surface area contributed by atoms with Gasteiger partial charge in [0.25, 0.3) is 0 Å². The molecule has 0 radical (unpaired) electrons. The number of rotatable bonds is 7. The zero-order valence-corrected chi connectivity index (χ0v) is 13.3. The smallest absolute Gasteiger partial charge is 0.00926 e. The van der Waals surface area contributed by atoms with Crippen LogP contribution in [0.5, 0.6) is 0 Å². The van der Waals surface area contributed by atoms with Crippen LogP contribution in [0.4, 0.5) is 0 Å². The maximum absolute atomic E-state index is 3.53. The molecule has 2 nitrogen and oxygen atoms in total. The topological polar surface area (TPSA) is 15.3 Å². The Kier molecular flexibility index (Phi) is 6.65. The van der Waals surface area contributed by atoms with Crippen molar-refractivity contribution in [3.8, 4) is 0 Å². The average Bonchev–Trinajstić information content (AvgIpc) is 2.37. The monoisotopic (exact) mass is 254 g/mol. The second-order valence-corrected chi connectivity index (χ2v) is 6.77. The number of nitrogens with one attached hydrogen (secondary N) is 1. The molecule has 2 heteroatoms. The third-order valence-electron chi connectivity index (χ3n) is 4.90. The summed E-state index contributed by atoms with van der Waals surface area (Å²) in [4.78, 5) is 2.63. The third kappa shape index (κ3) is 4.89. The number of nitrogens with zero attached hydrogens (tertiary/aromatic N) is 1. The summed E-state index contributed by atoms with van der Waals surface area (Å²) >= 11 is 0. The molecule has 1 rings (SSSR count). The zero-order chi connectivity index (χ0) is 13.6. The Morgan fingerprint density at radius 1 is 1.17 bits per heavy atom. The first-order chi connectivity index (χ1) is 8.50. The Hall–Kier alpha value is -0.0800. The molecule has 1 atom stereocenters. The lowest BCUT2D eigenvalue weighted by molar-refractivity contribution is 0.109. The van der Waals surface area contributed by atoms with Gasteiger partial charge >= 0.3 is 0 Å². The summed E-state index contributed by atoms with van der Waals surface area (Å²) < 4.78 is 0. The van der Waals surface area contributed by atoms with Crippen LogP contribution in [0, 0.1) is 11.3 Å². The second kappa shape index (κ2) is 7.49. The quantitative estimate of drug-likeness (QED) is 0.748. The van der Waals surface area contributed by atoms with Gasteiger partial charge in [-0.1, -0.05) is 27.7 Å². The van der Waals surface area contributed by atoms with E-state index in [0.717, 1.165) is 25.0 Å². The summed E-state index contributed by atoms with van der Waals surface area (Å²) in [5.41, 5.74) is 0.424. The van der Waals surface area contributed by atoms with Crippen molar-refractivity contribution in [2.75, 3.05) is 26.7 Å². The van der Waals surface area contributed by atoms with Crippen molar-refractivity contribution < 1.29 is 0 Å². The summed E-state index contributed by atoms with van der Waals surface area (Å²) in [6.45, 7) is 12.8. The van der Waals surface area contributed by atoms with E-state index in [2.05, 4.69) is 45.0 Å². The van der Waals surface area contributed by atoms with Gasteiger partial charge in [0.2, 0.25) is 0 Å². The number of hydrogen-bond acceptors (Lipinski definition) is 2. The normalized spacial score (nSPS) is 28.3. The van der Waals surface area contributed by atoms with E-state index in [0.29, 0.717) is 5.41 Å². The minimum absolute atomic E-state index is 0.424. The van der Waals surface area contributed by atoms with Gasteiger partial charge in [0.05, 0.1) is 0 Å². The van der Waals surface area contributed by atoms with Crippen LogP contribution in [0.25, 0.3) is 0 Å². The van der Waals surface area contributed by atoms with Crippen molar-refractivity contribution in [3.63, 3.8) is 0 Å². The molecule has 18 heavy (non-hydrogen) atoms. The molecule has 0 aromatic heterocycles. The highest BCUT2D eigenvalue weighted by Gasteiger charge is 2.28. The molecular weight excluding hydrogens is 220 g/mol. The molecule has 1 aliphatic carbocycles. The van der Waals surface area contributed by atoms with Gasteiger partial charge in [-0.3, -0.25) is 0 Å². The Bertz CT molecular complexity index is 221. The number of hydrogen-bond donors (Lipinski definition) is 1. The minimum atomic E-state index is 0.424. The lowest BCUT2D eigenvalue weighted by Gasteiger charge is -2.39. The van der Waals surface area contributed by atoms with Gasteiger partial charge in [0, 0.05) is 19.1 Å². The van der Waals surface area contributed by atoms with Crippen LogP contribution in [0.3, 0.4) is 0 Å². The predicted molar refractivity (Wildman–Crippen MR) is 81.0 cm³/mol. The van der Waals surface area contributed by atoms with Gasteiger partial charge < -0.3 is 10.2 Å². The van der Waals surface area contributed by atoms with Gasteiger partial charge in [0.1, 0.15) is 0 Å². The molecule has 0 aromatic carbocycles. The Morgan fingerprint density at radius 3 is 2.28 bits per heavy atom. The van der Waals surface area contributed by atoms with Crippen LogP contribution in [-0.4, -0.2) is 37.6 Å². The first-order valence-electron chi connectivity index (χ1n) is 7.91. The lowest BCUT2D eigenvalue weighted by atomic mass is 9.83. The van der Waals surface area contributed by atoms with E-state index in [1.54, 1.807) is 0 Å². The molecule has 108 valence electrons. The second-order valence-electron chi connectivity index (χ2n) is 6.77. The van der Waals surface area contributed by atoms with Crippen LogP contribution in [0.1, 0.15) is 59.8 Å². The minimum Gasteiger partial charge on any atom is -0.316 e. The summed E-state index contributed by atoms with van der Waals surface area (Å²) in [6.07, 6.45) is 6.90. The van der Waals surface area contributed by atoms with Crippen molar-refractivity contribution in [2.45, 2.75) is 65.8 Å². The highest BCUT2D eigenvalue weighted by Crippen LogP contribution is 2.29. The standard InChI is InChI=1S/C16H34N2/c1-6-16(4,12-17-7-2)13-18(5)15-10-8-14(3)9-11-15/h14-15,17H,6-13H2,1-5H3. The van der Waals surface area contributed by atoms with Crippen molar-refractivity contribution in [2.24, 2.45) is 11.3 Å². The molecule has 0 aliphatic heterocycles. The van der Waals surface area contributed by atoms with Crippen LogP contribution in [-0.2, 0) is 0 Å². The Labute approximate surface area is 115 Å². The average molecular weight is 254 g/mol. The molecule has 0 spiro atoms. The van der Waals surface area contributed by atoms with E-state index in [9.17, 15) is 0 Å². The van der Waals surface area contributed by atoms with Crippen molar-refractivity contribution in [1.29, 1.82) is 0 Å². The highest BCUT2D eigenvalue weighted by atomic mass is 15.1. The highest BCUT2D eigenvalue weighted by molar-refractivity contribution is 4.83. The van der Waals surface area contributed by atoms with Gasteiger partial charge in [-0.05, 0) is 57.0 Å². The van der Waals surface area contributed by atoms with Crippen molar-refractivity contribution >= 4 is 0 Å². The SMILES string of the molecule is CCNCC(C)(CC)CN(C)C1CCC(C)CC1. The first kappa shape index (κ1) is 16.0. The molecule has 1 saturated carbocycles. The summed E-state index contributed by atoms with van der Waals surface area (Å²) in [7, 11) is 2.33. The largest absolute Gasteiger partial charge is 0.316 e.